The summed E-state index contributed by atoms with van der Waals surface area (Å²) in [5, 5.41) is 13.7. The summed E-state index contributed by atoms with van der Waals surface area (Å²) in [6, 6.07) is 8.60. The summed E-state index contributed by atoms with van der Waals surface area (Å²) in [4.78, 5) is 26.2. The van der Waals surface area contributed by atoms with Crippen LogP contribution >= 0.6 is 0 Å². The number of nitro groups is 1. The molecule has 0 aliphatic rings. The largest absolute Gasteiger partial charge is 0.473 e. The van der Waals surface area contributed by atoms with E-state index in [1.807, 2.05) is 32.0 Å². The second kappa shape index (κ2) is 6.87. The lowest BCUT2D eigenvalue weighted by Gasteiger charge is -2.16. The molecule has 1 unspecified atom stereocenters. The van der Waals surface area contributed by atoms with E-state index in [1.54, 1.807) is 0 Å². The van der Waals surface area contributed by atoms with Crippen LogP contribution in [0.2, 0.25) is 0 Å². The predicted molar refractivity (Wildman–Crippen MR) is 85.5 cm³/mol. The van der Waals surface area contributed by atoms with Gasteiger partial charge in [0.05, 0.1) is 0 Å². The molecule has 7 nitrogen and oxygen atoms in total. The summed E-state index contributed by atoms with van der Waals surface area (Å²) >= 11 is 0. The molecule has 0 saturated heterocycles. The van der Waals surface area contributed by atoms with E-state index in [0.29, 0.717) is 5.69 Å². The molecule has 0 aliphatic heterocycles. The number of rotatable bonds is 5. The molecule has 2 rings (SSSR count). The van der Waals surface area contributed by atoms with Gasteiger partial charge in [-0.3, -0.25) is 4.79 Å². The Bertz CT molecular complexity index is 726. The normalized spacial score (nSPS) is 11.6. The number of aryl methyl sites for hydroxylation is 2. The zero-order valence-electron chi connectivity index (χ0n) is 13.1. The van der Waals surface area contributed by atoms with Crippen LogP contribution in [0.5, 0.6) is 5.75 Å². The highest BCUT2D eigenvalue weighted by molar-refractivity contribution is 5.95. The highest BCUT2D eigenvalue weighted by atomic mass is 16.6. The summed E-state index contributed by atoms with van der Waals surface area (Å²) in [6.45, 7) is 5.31. The molecule has 1 aromatic carbocycles. The van der Waals surface area contributed by atoms with Crippen molar-refractivity contribution in [3.05, 3.63) is 57.8 Å². The average molecular weight is 315 g/mol. The third-order valence-corrected chi connectivity index (χ3v) is 3.33. The molecule has 1 N–H and O–H groups in total. The predicted octanol–water partition coefficient (Wildman–Crippen LogP) is 3.01. The molecular formula is C16H17N3O4. The molecule has 1 atom stereocenters. The van der Waals surface area contributed by atoms with Gasteiger partial charge in [0.2, 0.25) is 5.75 Å². The number of anilines is 1. The molecule has 1 aromatic heterocycles. The lowest BCUT2D eigenvalue weighted by molar-refractivity contribution is -0.390. The number of ether oxygens (including phenoxy) is 1. The molecular weight excluding hydrogens is 298 g/mol. The van der Waals surface area contributed by atoms with Crippen molar-refractivity contribution in [2.75, 3.05) is 5.32 Å². The zero-order chi connectivity index (χ0) is 17.0. The zero-order valence-corrected chi connectivity index (χ0v) is 13.1. The summed E-state index contributed by atoms with van der Waals surface area (Å²) in [7, 11) is 0. The first-order valence-electron chi connectivity index (χ1n) is 7.03. The Morgan fingerprint density at radius 2 is 1.91 bits per heavy atom. The Balaban J connectivity index is 2.14. The highest BCUT2D eigenvalue weighted by Gasteiger charge is 2.22. The van der Waals surface area contributed by atoms with E-state index in [4.69, 9.17) is 4.74 Å². The molecule has 1 heterocycles. The molecule has 7 heteroatoms. The van der Waals surface area contributed by atoms with Crippen molar-refractivity contribution in [3.8, 4) is 5.75 Å². The fraction of sp³-hybridized carbons (Fsp3) is 0.250. The molecule has 1 amide bonds. The number of carbonyl (C=O) groups is 1. The van der Waals surface area contributed by atoms with E-state index in [1.165, 1.54) is 25.3 Å². The molecule has 120 valence electrons. The third kappa shape index (κ3) is 3.82. The fourth-order valence-electron chi connectivity index (χ4n) is 2.09. The van der Waals surface area contributed by atoms with E-state index in [9.17, 15) is 14.9 Å². The van der Waals surface area contributed by atoms with Gasteiger partial charge in [-0.15, -0.1) is 0 Å². The molecule has 0 saturated carbocycles. The van der Waals surface area contributed by atoms with Gasteiger partial charge in [0.25, 0.3) is 5.91 Å². The van der Waals surface area contributed by atoms with Gasteiger partial charge in [-0.2, -0.15) is 0 Å². The number of amides is 1. The molecule has 0 bridgehead atoms. The Labute approximate surface area is 133 Å². The Morgan fingerprint density at radius 1 is 1.26 bits per heavy atom. The van der Waals surface area contributed by atoms with Crippen molar-refractivity contribution in [1.29, 1.82) is 0 Å². The number of nitrogens with one attached hydrogen (secondary N) is 1. The first kappa shape index (κ1) is 16.4. The van der Waals surface area contributed by atoms with Gasteiger partial charge in [-0.25, -0.2) is 0 Å². The monoisotopic (exact) mass is 315 g/mol. The SMILES string of the molecule is Cc1cccc(C)c1NC(=O)C(C)Oc1cccnc1[N+](=O)[O-]. The van der Waals surface area contributed by atoms with Gasteiger partial charge in [-0.05, 0) is 53.9 Å². The summed E-state index contributed by atoms with van der Waals surface area (Å²) in [5.41, 5.74) is 2.57. The lowest BCUT2D eigenvalue weighted by Crippen LogP contribution is -2.31. The maximum atomic E-state index is 12.3. The molecule has 0 spiro atoms. The summed E-state index contributed by atoms with van der Waals surface area (Å²) in [6.07, 6.45) is 0.392. The average Bonchev–Trinajstić information content (AvgIpc) is 2.51. The number of carbonyl (C=O) groups excluding carboxylic acids is 1. The van der Waals surface area contributed by atoms with Crippen LogP contribution in [0.25, 0.3) is 0 Å². The van der Waals surface area contributed by atoms with Crippen LogP contribution in [0, 0.1) is 24.0 Å². The van der Waals surface area contributed by atoms with E-state index in [-0.39, 0.29) is 11.7 Å². The number of aromatic nitrogens is 1. The summed E-state index contributed by atoms with van der Waals surface area (Å²) < 4.78 is 5.40. The Morgan fingerprint density at radius 3 is 2.52 bits per heavy atom. The fourth-order valence-corrected chi connectivity index (χ4v) is 2.09. The van der Waals surface area contributed by atoms with Crippen molar-refractivity contribution in [2.45, 2.75) is 26.9 Å². The third-order valence-electron chi connectivity index (χ3n) is 3.33. The second-order valence-electron chi connectivity index (χ2n) is 5.10. The molecule has 0 radical (unpaired) electrons. The van der Waals surface area contributed by atoms with Gasteiger partial charge in [0.1, 0.15) is 6.20 Å². The van der Waals surface area contributed by atoms with E-state index in [2.05, 4.69) is 10.3 Å². The number of pyridine rings is 1. The van der Waals surface area contributed by atoms with E-state index in [0.717, 1.165) is 11.1 Å². The quantitative estimate of drug-likeness (QED) is 0.676. The highest BCUT2D eigenvalue weighted by Crippen LogP contribution is 2.25. The summed E-state index contributed by atoms with van der Waals surface area (Å²) in [5.74, 6) is -0.846. The second-order valence-corrected chi connectivity index (χ2v) is 5.10. The van der Waals surface area contributed by atoms with E-state index >= 15 is 0 Å². The van der Waals surface area contributed by atoms with Crippen molar-refractivity contribution in [2.24, 2.45) is 0 Å². The topological polar surface area (TPSA) is 94.4 Å². The van der Waals surface area contributed by atoms with Crippen molar-refractivity contribution in [1.82, 2.24) is 4.98 Å². The van der Waals surface area contributed by atoms with Crippen LogP contribution in [0.1, 0.15) is 18.1 Å². The number of hydrogen-bond donors (Lipinski definition) is 1. The van der Waals surface area contributed by atoms with Gasteiger partial charge in [0, 0.05) is 5.69 Å². The Hall–Kier alpha value is -2.96. The van der Waals surface area contributed by atoms with Crippen LogP contribution in [0.3, 0.4) is 0 Å². The molecule has 0 aliphatic carbocycles. The maximum absolute atomic E-state index is 12.3. The van der Waals surface area contributed by atoms with Gasteiger partial charge >= 0.3 is 5.82 Å². The number of hydrogen-bond acceptors (Lipinski definition) is 5. The van der Waals surface area contributed by atoms with Crippen LogP contribution < -0.4 is 10.1 Å². The first-order valence-corrected chi connectivity index (χ1v) is 7.03. The van der Waals surface area contributed by atoms with Gasteiger partial charge in [-0.1, -0.05) is 18.2 Å². The minimum absolute atomic E-state index is 0.0401. The smallest absolute Gasteiger partial charge is 0.406 e. The van der Waals surface area contributed by atoms with Crippen molar-refractivity contribution in [3.63, 3.8) is 0 Å². The van der Waals surface area contributed by atoms with Gasteiger partial charge < -0.3 is 20.2 Å². The standard InChI is InChI=1S/C16H17N3O4/c1-10-6-4-7-11(2)14(10)18-16(20)12(3)23-13-8-5-9-17-15(13)19(21)22/h4-9,12H,1-3H3,(H,18,20). The first-order chi connectivity index (χ1) is 10.9. The van der Waals surface area contributed by atoms with Crippen molar-refractivity contribution >= 4 is 17.4 Å². The van der Waals surface area contributed by atoms with Crippen LogP contribution in [-0.2, 0) is 4.79 Å². The lowest BCUT2D eigenvalue weighted by atomic mass is 10.1. The molecule has 23 heavy (non-hydrogen) atoms. The number of nitrogens with zero attached hydrogens (tertiary/aromatic N) is 2. The van der Waals surface area contributed by atoms with Crippen LogP contribution in [-0.4, -0.2) is 21.9 Å². The Kier molecular flexibility index (Phi) is 4.90. The number of benzene rings is 1. The minimum atomic E-state index is -0.906. The molecule has 0 fully saturated rings. The van der Waals surface area contributed by atoms with Crippen LogP contribution in [0.15, 0.2) is 36.5 Å². The minimum Gasteiger partial charge on any atom is -0.473 e. The molecule has 2 aromatic rings. The maximum Gasteiger partial charge on any atom is 0.406 e. The van der Waals surface area contributed by atoms with Gasteiger partial charge in [0.15, 0.2) is 6.10 Å². The van der Waals surface area contributed by atoms with E-state index < -0.39 is 16.8 Å². The van der Waals surface area contributed by atoms with Crippen molar-refractivity contribution < 1.29 is 14.5 Å². The number of para-hydroxylation sites is 1. The van der Waals surface area contributed by atoms with Crippen LogP contribution in [0.4, 0.5) is 11.5 Å².